The van der Waals surface area contributed by atoms with Crippen LogP contribution in [0.15, 0.2) is 60.7 Å². The Hall–Kier alpha value is -3.60. The summed E-state index contributed by atoms with van der Waals surface area (Å²) < 4.78 is 6.19. The highest BCUT2D eigenvalue weighted by atomic mass is 16.5. The first-order valence-corrected chi connectivity index (χ1v) is 14.0. The van der Waals surface area contributed by atoms with E-state index in [1.165, 1.54) is 40.9 Å². The summed E-state index contributed by atoms with van der Waals surface area (Å²) in [7, 11) is 1.63. The smallest absolute Gasteiger partial charge is 0.247 e. The molecule has 1 N–H and O–H groups in total. The number of amides is 2. The van der Waals surface area contributed by atoms with Crippen molar-refractivity contribution in [2.24, 2.45) is 5.92 Å². The third-order valence-corrected chi connectivity index (χ3v) is 7.19. The lowest BCUT2D eigenvalue weighted by Gasteiger charge is -2.27. The summed E-state index contributed by atoms with van der Waals surface area (Å²) in [4.78, 5) is 25.5. The fraction of sp³-hybridized carbons (Fsp3) is 0.412. The predicted octanol–water partition coefficient (Wildman–Crippen LogP) is 7.20. The van der Waals surface area contributed by atoms with E-state index in [1.54, 1.807) is 7.05 Å². The molecule has 0 radical (unpaired) electrons. The molecule has 0 aliphatic carbocycles. The minimum absolute atomic E-state index is 0.000424. The highest BCUT2D eigenvalue weighted by molar-refractivity contribution is 5.96. The quantitative estimate of drug-likeness (QED) is 0.178. The molecule has 0 unspecified atom stereocenters. The molecule has 0 fully saturated rings. The molecule has 5 heteroatoms. The van der Waals surface area contributed by atoms with Crippen molar-refractivity contribution in [3.8, 4) is 5.75 Å². The average Bonchev–Trinajstić information content (AvgIpc) is 2.89. The first kappa shape index (κ1) is 29.9. The maximum absolute atomic E-state index is 12.8. The molecule has 208 valence electrons. The van der Waals surface area contributed by atoms with Gasteiger partial charge < -0.3 is 15.0 Å². The van der Waals surface area contributed by atoms with E-state index in [2.05, 4.69) is 60.8 Å². The van der Waals surface area contributed by atoms with Gasteiger partial charge in [-0.15, -0.1) is 0 Å². The topological polar surface area (TPSA) is 58.6 Å². The normalized spacial score (nSPS) is 11.8. The molecule has 5 nitrogen and oxygen atoms in total. The molecule has 39 heavy (non-hydrogen) atoms. The van der Waals surface area contributed by atoms with Crippen LogP contribution in [0.25, 0.3) is 0 Å². The van der Waals surface area contributed by atoms with Gasteiger partial charge in [-0.2, -0.15) is 0 Å². The minimum Gasteiger partial charge on any atom is -0.488 e. The van der Waals surface area contributed by atoms with Crippen molar-refractivity contribution in [1.29, 1.82) is 0 Å². The van der Waals surface area contributed by atoms with E-state index in [9.17, 15) is 9.59 Å². The van der Waals surface area contributed by atoms with Gasteiger partial charge in [-0.25, -0.2) is 0 Å². The van der Waals surface area contributed by atoms with E-state index in [0.717, 1.165) is 35.3 Å². The Balaban J connectivity index is 1.48. The van der Waals surface area contributed by atoms with Crippen LogP contribution in [0.5, 0.6) is 5.75 Å². The number of hydrogen-bond acceptors (Lipinski definition) is 3. The molecule has 0 spiro atoms. The van der Waals surface area contributed by atoms with Crippen LogP contribution in [0.2, 0.25) is 0 Å². The van der Waals surface area contributed by atoms with Crippen molar-refractivity contribution in [3.05, 3.63) is 94.0 Å². The molecular formula is C34H44N2O3. The van der Waals surface area contributed by atoms with Crippen molar-refractivity contribution < 1.29 is 14.3 Å². The number of ether oxygens (including phenoxy) is 1. The lowest BCUT2D eigenvalue weighted by atomic mass is 10.0. The molecule has 3 aromatic rings. The summed E-state index contributed by atoms with van der Waals surface area (Å²) >= 11 is 0. The van der Waals surface area contributed by atoms with Gasteiger partial charge in [-0.05, 0) is 92.3 Å². The Morgan fingerprint density at radius 2 is 1.36 bits per heavy atom. The van der Waals surface area contributed by atoms with Crippen LogP contribution >= 0.6 is 0 Å². The van der Waals surface area contributed by atoms with Crippen LogP contribution in [0, 0.1) is 26.7 Å². The maximum atomic E-state index is 12.8. The largest absolute Gasteiger partial charge is 0.488 e. The van der Waals surface area contributed by atoms with Crippen LogP contribution in [-0.4, -0.2) is 30.3 Å². The second-order valence-electron chi connectivity index (χ2n) is 11.0. The Labute approximate surface area is 234 Å². The number of carbonyl (C=O) groups excluding carboxylic acids is 2. The second-order valence-corrected chi connectivity index (χ2v) is 11.0. The fourth-order valence-electron chi connectivity index (χ4n) is 5.04. The van der Waals surface area contributed by atoms with Gasteiger partial charge in [0, 0.05) is 12.7 Å². The molecule has 0 aliphatic rings. The summed E-state index contributed by atoms with van der Waals surface area (Å²) in [6.45, 7) is 10.4. The van der Waals surface area contributed by atoms with Crippen molar-refractivity contribution in [3.63, 3.8) is 0 Å². The van der Waals surface area contributed by atoms with Gasteiger partial charge in [0.2, 0.25) is 12.3 Å². The van der Waals surface area contributed by atoms with Gasteiger partial charge in [0.05, 0.1) is 0 Å². The summed E-state index contributed by atoms with van der Waals surface area (Å²) in [5.74, 6) is 0.634. The lowest BCUT2D eigenvalue weighted by molar-refractivity contribution is -0.130. The van der Waals surface area contributed by atoms with E-state index < -0.39 is 6.04 Å². The van der Waals surface area contributed by atoms with Crippen LogP contribution in [-0.2, 0) is 29.0 Å². The number of likely N-dealkylation sites (N-methyl/N-ethyl adjacent to an activating group) is 1. The SMILES string of the molecule is Cc1ccc(CCCCCc2ccc(COc3c(C)cc(NC(=O)[C@H](C(C)C)N(C)C=O)cc3C)cc2)cc1. The number of aryl methyl sites for hydroxylation is 5. The third-order valence-electron chi connectivity index (χ3n) is 7.19. The number of carbonyl (C=O) groups is 2. The van der Waals surface area contributed by atoms with Crippen molar-refractivity contribution >= 4 is 18.0 Å². The molecule has 0 aliphatic heterocycles. The number of nitrogens with zero attached hydrogens (tertiary/aromatic N) is 1. The Morgan fingerprint density at radius 1 is 0.846 bits per heavy atom. The number of hydrogen-bond donors (Lipinski definition) is 1. The van der Waals surface area contributed by atoms with Crippen molar-refractivity contribution in [2.75, 3.05) is 12.4 Å². The molecule has 3 aromatic carbocycles. The highest BCUT2D eigenvalue weighted by Gasteiger charge is 2.26. The Bertz CT molecular complexity index is 1190. The standard InChI is InChI=1S/C34H44N2O3/c1-24(2)32(36(6)23-37)34(38)35-31-20-26(4)33(27(5)21-31)39-22-30-18-16-29(17-19-30)11-9-7-8-10-28-14-12-25(3)13-15-28/h12-21,23-24,32H,7-11,22H2,1-6H3,(H,35,38)/t32-/m0/s1. The first-order valence-electron chi connectivity index (χ1n) is 14.0. The van der Waals surface area contributed by atoms with Gasteiger partial charge in [-0.3, -0.25) is 9.59 Å². The first-order chi connectivity index (χ1) is 18.7. The van der Waals surface area contributed by atoms with Crippen molar-refractivity contribution in [1.82, 2.24) is 4.90 Å². The number of rotatable bonds is 14. The van der Waals surface area contributed by atoms with Gasteiger partial charge >= 0.3 is 0 Å². The van der Waals surface area contributed by atoms with E-state index in [0.29, 0.717) is 18.7 Å². The molecule has 0 heterocycles. The van der Waals surface area contributed by atoms with Crippen LogP contribution in [0.1, 0.15) is 66.5 Å². The Kier molecular flexibility index (Phi) is 11.2. The number of nitrogens with one attached hydrogen (secondary N) is 1. The van der Waals surface area contributed by atoms with E-state index >= 15 is 0 Å². The molecule has 2 amide bonds. The molecule has 0 aromatic heterocycles. The van der Waals surface area contributed by atoms with Crippen molar-refractivity contribution in [2.45, 2.75) is 79.4 Å². The summed E-state index contributed by atoms with van der Waals surface area (Å²) in [5, 5.41) is 2.97. The summed E-state index contributed by atoms with van der Waals surface area (Å²) in [6, 6.07) is 20.9. The number of benzene rings is 3. The zero-order valence-electron chi connectivity index (χ0n) is 24.4. The van der Waals surface area contributed by atoms with E-state index in [1.807, 2.05) is 39.8 Å². The maximum Gasteiger partial charge on any atom is 0.247 e. The summed E-state index contributed by atoms with van der Waals surface area (Å²) in [5.41, 5.74) is 7.85. The molecule has 0 saturated heterocycles. The fourth-order valence-corrected chi connectivity index (χ4v) is 5.04. The monoisotopic (exact) mass is 528 g/mol. The minimum atomic E-state index is -0.527. The van der Waals surface area contributed by atoms with E-state index in [-0.39, 0.29) is 11.8 Å². The highest BCUT2D eigenvalue weighted by Crippen LogP contribution is 2.28. The van der Waals surface area contributed by atoms with Gasteiger partial charge in [0.25, 0.3) is 0 Å². The van der Waals surface area contributed by atoms with Crippen LogP contribution in [0.4, 0.5) is 5.69 Å². The third kappa shape index (κ3) is 8.98. The van der Waals surface area contributed by atoms with Crippen LogP contribution in [0.3, 0.4) is 0 Å². The Morgan fingerprint density at radius 3 is 1.87 bits per heavy atom. The zero-order valence-corrected chi connectivity index (χ0v) is 24.4. The molecule has 0 bridgehead atoms. The molecule has 0 saturated carbocycles. The lowest BCUT2D eigenvalue weighted by Crippen LogP contribution is -2.44. The zero-order chi connectivity index (χ0) is 28.4. The number of anilines is 1. The van der Waals surface area contributed by atoms with Gasteiger partial charge in [-0.1, -0.05) is 74.4 Å². The van der Waals surface area contributed by atoms with E-state index in [4.69, 9.17) is 4.74 Å². The summed E-state index contributed by atoms with van der Waals surface area (Å²) in [6.07, 6.45) is 6.60. The van der Waals surface area contributed by atoms with Crippen LogP contribution < -0.4 is 10.1 Å². The molecular weight excluding hydrogens is 484 g/mol. The predicted molar refractivity (Wildman–Crippen MR) is 160 cm³/mol. The molecule has 3 rings (SSSR count). The molecule has 1 atom stereocenters. The van der Waals surface area contributed by atoms with Gasteiger partial charge in [0.15, 0.2) is 0 Å². The van der Waals surface area contributed by atoms with Gasteiger partial charge in [0.1, 0.15) is 18.4 Å². The second kappa shape index (κ2) is 14.5. The average molecular weight is 529 g/mol. The number of unbranched alkanes of at least 4 members (excludes halogenated alkanes) is 2.